The predicted molar refractivity (Wildman–Crippen MR) is 95.0 cm³/mol. The van der Waals surface area contributed by atoms with Crippen LogP contribution < -0.4 is 5.32 Å². The number of nitrogens with zero attached hydrogens (tertiary/aromatic N) is 1. The lowest BCUT2D eigenvalue weighted by Crippen LogP contribution is -2.44. The highest BCUT2D eigenvalue weighted by atomic mass is 32.2. The maximum absolute atomic E-state index is 3.67. The van der Waals surface area contributed by atoms with Gasteiger partial charge in [-0.25, -0.2) is 0 Å². The highest BCUT2D eigenvalue weighted by molar-refractivity contribution is 8.00. The Kier molecular flexibility index (Phi) is 7.08. The van der Waals surface area contributed by atoms with E-state index in [4.69, 9.17) is 0 Å². The van der Waals surface area contributed by atoms with E-state index in [0.29, 0.717) is 12.0 Å². The molecule has 0 aliphatic carbocycles. The smallest absolute Gasteiger partial charge is 0.0473 e. The Hall–Kier alpha value is -0.510. The minimum absolute atomic E-state index is 0.514. The molecule has 0 bridgehead atoms. The van der Waals surface area contributed by atoms with Crippen LogP contribution in [0.5, 0.6) is 0 Å². The molecule has 2 nitrogen and oxygen atoms in total. The normalized spacial score (nSPS) is 21.6. The van der Waals surface area contributed by atoms with E-state index in [2.05, 4.69) is 73.1 Å². The number of nitrogens with one attached hydrogen (secondary N) is 1. The van der Waals surface area contributed by atoms with Gasteiger partial charge in [-0.1, -0.05) is 51.1 Å². The van der Waals surface area contributed by atoms with Gasteiger partial charge in [-0.05, 0) is 24.4 Å². The van der Waals surface area contributed by atoms with Crippen LogP contribution in [0.2, 0.25) is 0 Å². The number of thioether (sulfide) groups is 1. The monoisotopic (exact) mass is 306 g/mol. The average Bonchev–Trinajstić information content (AvgIpc) is 2.52. The predicted octanol–water partition coefficient (Wildman–Crippen LogP) is 3.80. The zero-order valence-electron chi connectivity index (χ0n) is 13.7. The van der Waals surface area contributed by atoms with Gasteiger partial charge in [0.2, 0.25) is 0 Å². The fourth-order valence-corrected chi connectivity index (χ4v) is 4.12. The first kappa shape index (κ1) is 16.9. The molecular weight excluding hydrogens is 276 g/mol. The molecule has 2 rings (SSSR count). The van der Waals surface area contributed by atoms with Gasteiger partial charge in [0.25, 0.3) is 0 Å². The van der Waals surface area contributed by atoms with E-state index in [1.165, 1.54) is 30.8 Å². The maximum atomic E-state index is 3.67. The van der Waals surface area contributed by atoms with E-state index in [0.717, 1.165) is 18.3 Å². The summed E-state index contributed by atoms with van der Waals surface area (Å²) in [5.41, 5.74) is 1.45. The summed E-state index contributed by atoms with van der Waals surface area (Å²) in [6, 6.07) is 11.5. The molecule has 1 aliphatic heterocycles. The second-order valence-corrected chi connectivity index (χ2v) is 7.78. The van der Waals surface area contributed by atoms with Crippen molar-refractivity contribution in [3.8, 4) is 0 Å². The summed E-state index contributed by atoms with van der Waals surface area (Å²) >= 11 is 2.15. The van der Waals surface area contributed by atoms with Crippen molar-refractivity contribution in [2.45, 2.75) is 38.5 Å². The van der Waals surface area contributed by atoms with Crippen LogP contribution in [-0.2, 0) is 0 Å². The zero-order valence-corrected chi connectivity index (χ0v) is 14.5. The SMILES string of the molecule is CCC1CN(C(CNCC(C)C)c2ccccc2)CCS1. The summed E-state index contributed by atoms with van der Waals surface area (Å²) in [5, 5.41) is 4.47. The molecule has 1 fully saturated rings. The fourth-order valence-electron chi connectivity index (χ4n) is 2.91. The lowest BCUT2D eigenvalue weighted by atomic mass is 10.0. The molecule has 0 spiro atoms. The van der Waals surface area contributed by atoms with E-state index < -0.39 is 0 Å². The van der Waals surface area contributed by atoms with Gasteiger partial charge < -0.3 is 5.32 Å². The van der Waals surface area contributed by atoms with Gasteiger partial charge in [0.15, 0.2) is 0 Å². The first-order valence-electron chi connectivity index (χ1n) is 8.32. The molecule has 1 aliphatic rings. The van der Waals surface area contributed by atoms with Crippen molar-refractivity contribution in [1.82, 2.24) is 10.2 Å². The maximum Gasteiger partial charge on any atom is 0.0473 e. The molecule has 0 aromatic heterocycles. The van der Waals surface area contributed by atoms with Gasteiger partial charge in [0.05, 0.1) is 0 Å². The highest BCUT2D eigenvalue weighted by Crippen LogP contribution is 2.28. The molecule has 1 aromatic carbocycles. The van der Waals surface area contributed by atoms with Crippen molar-refractivity contribution in [2.75, 3.05) is 31.9 Å². The summed E-state index contributed by atoms with van der Waals surface area (Å²) in [6.07, 6.45) is 1.28. The molecule has 3 heteroatoms. The lowest BCUT2D eigenvalue weighted by Gasteiger charge is -2.38. The molecular formula is C18H30N2S. The van der Waals surface area contributed by atoms with Crippen molar-refractivity contribution in [3.63, 3.8) is 0 Å². The van der Waals surface area contributed by atoms with Crippen molar-refractivity contribution in [1.29, 1.82) is 0 Å². The Bertz CT molecular complexity index is 393. The average molecular weight is 307 g/mol. The van der Waals surface area contributed by atoms with Gasteiger partial charge in [-0.3, -0.25) is 4.90 Å². The number of hydrogen-bond donors (Lipinski definition) is 1. The fraction of sp³-hybridized carbons (Fsp3) is 0.667. The molecule has 2 unspecified atom stereocenters. The van der Waals surface area contributed by atoms with Crippen LogP contribution in [0.25, 0.3) is 0 Å². The van der Waals surface area contributed by atoms with Gasteiger partial charge >= 0.3 is 0 Å². The Labute approximate surface area is 134 Å². The molecule has 1 heterocycles. The Balaban J connectivity index is 2.04. The van der Waals surface area contributed by atoms with Crippen molar-refractivity contribution in [2.24, 2.45) is 5.92 Å². The number of hydrogen-bond acceptors (Lipinski definition) is 3. The molecule has 118 valence electrons. The molecule has 0 radical (unpaired) electrons. The van der Waals surface area contributed by atoms with Crippen molar-refractivity contribution in [3.05, 3.63) is 35.9 Å². The first-order valence-corrected chi connectivity index (χ1v) is 9.37. The summed E-state index contributed by atoms with van der Waals surface area (Å²) in [4.78, 5) is 2.69. The van der Waals surface area contributed by atoms with Gasteiger partial charge in [-0.15, -0.1) is 0 Å². The third-order valence-corrected chi connectivity index (χ3v) is 5.51. The zero-order chi connectivity index (χ0) is 15.1. The first-order chi connectivity index (χ1) is 10.2. The van der Waals surface area contributed by atoms with Crippen LogP contribution in [0.4, 0.5) is 0 Å². The van der Waals surface area contributed by atoms with Crippen molar-refractivity contribution >= 4 is 11.8 Å². The Morgan fingerprint density at radius 1 is 1.24 bits per heavy atom. The standard InChI is InChI=1S/C18H30N2S/c1-4-17-14-20(10-11-21-17)18(13-19-12-15(2)3)16-8-6-5-7-9-16/h5-9,15,17-19H,4,10-14H2,1-3H3. The molecule has 21 heavy (non-hydrogen) atoms. The molecule has 2 atom stereocenters. The molecule has 1 N–H and O–H groups in total. The molecule has 0 amide bonds. The van der Waals surface area contributed by atoms with Crippen molar-refractivity contribution < 1.29 is 0 Å². The van der Waals surface area contributed by atoms with Crippen LogP contribution in [0.15, 0.2) is 30.3 Å². The number of rotatable bonds is 7. The largest absolute Gasteiger partial charge is 0.315 e. The van der Waals surface area contributed by atoms with E-state index >= 15 is 0 Å². The second kappa shape index (κ2) is 8.82. The van der Waals surface area contributed by atoms with E-state index in [9.17, 15) is 0 Å². The summed E-state index contributed by atoms with van der Waals surface area (Å²) in [6.45, 7) is 11.5. The van der Waals surface area contributed by atoms with Crippen LogP contribution in [0.1, 0.15) is 38.8 Å². The summed E-state index contributed by atoms with van der Waals surface area (Å²) in [5.74, 6) is 1.98. The van der Waals surface area contributed by atoms with E-state index in [1.807, 2.05) is 0 Å². The lowest BCUT2D eigenvalue weighted by molar-refractivity contribution is 0.197. The van der Waals surface area contributed by atoms with Gasteiger partial charge in [0, 0.05) is 36.7 Å². The van der Waals surface area contributed by atoms with E-state index in [1.54, 1.807) is 0 Å². The van der Waals surface area contributed by atoms with Gasteiger partial charge in [-0.2, -0.15) is 11.8 Å². The Morgan fingerprint density at radius 3 is 2.67 bits per heavy atom. The Morgan fingerprint density at radius 2 is 2.00 bits per heavy atom. The number of benzene rings is 1. The molecule has 1 aromatic rings. The minimum atomic E-state index is 0.514. The third-order valence-electron chi connectivity index (χ3n) is 4.14. The third kappa shape index (κ3) is 5.32. The van der Waals surface area contributed by atoms with Gasteiger partial charge in [0.1, 0.15) is 0 Å². The quantitative estimate of drug-likeness (QED) is 0.825. The molecule has 0 saturated carbocycles. The van der Waals surface area contributed by atoms with Crippen LogP contribution in [0, 0.1) is 5.92 Å². The van der Waals surface area contributed by atoms with E-state index in [-0.39, 0.29) is 0 Å². The van der Waals surface area contributed by atoms with Crippen LogP contribution >= 0.6 is 11.8 Å². The topological polar surface area (TPSA) is 15.3 Å². The highest BCUT2D eigenvalue weighted by Gasteiger charge is 2.26. The second-order valence-electron chi connectivity index (χ2n) is 6.37. The minimum Gasteiger partial charge on any atom is -0.315 e. The molecule has 1 saturated heterocycles. The summed E-state index contributed by atoms with van der Waals surface area (Å²) < 4.78 is 0. The summed E-state index contributed by atoms with van der Waals surface area (Å²) in [7, 11) is 0. The van der Waals surface area contributed by atoms with Crippen LogP contribution in [-0.4, -0.2) is 42.1 Å². The van der Waals surface area contributed by atoms with Crippen LogP contribution in [0.3, 0.4) is 0 Å².